The number of hydrogen-bond acceptors (Lipinski definition) is 4. The number of carbonyl (C=O) groups excluding carboxylic acids is 2. The lowest BCUT2D eigenvalue weighted by molar-refractivity contribution is -0.118. The lowest BCUT2D eigenvalue weighted by Crippen LogP contribution is -2.28. The Morgan fingerprint density at radius 3 is 2.67 bits per heavy atom. The topological polar surface area (TPSA) is 80.3 Å². The van der Waals surface area contributed by atoms with E-state index in [0.717, 1.165) is 0 Å². The minimum atomic E-state index is -1.10. The third-order valence-electron chi connectivity index (χ3n) is 3.26. The molecule has 0 spiro atoms. The maximum Gasteiger partial charge on any atom is 0.262 e. The van der Waals surface area contributed by atoms with Crippen molar-refractivity contribution in [2.24, 2.45) is 0 Å². The van der Waals surface area contributed by atoms with Crippen LogP contribution in [0.4, 0.5) is 18.9 Å². The van der Waals surface area contributed by atoms with Gasteiger partial charge in [-0.25, -0.2) is 18.2 Å². The Balaban J connectivity index is 1.74. The number of halogens is 3. The summed E-state index contributed by atoms with van der Waals surface area (Å²) < 4.78 is 44.9. The number of pyridine rings is 1. The Kier molecular flexibility index (Phi) is 4.07. The summed E-state index contributed by atoms with van der Waals surface area (Å²) in [5, 5.41) is 4.78. The van der Waals surface area contributed by atoms with Gasteiger partial charge in [0.25, 0.3) is 11.8 Å². The number of carbonyl (C=O) groups is 2. The van der Waals surface area contributed by atoms with Gasteiger partial charge < -0.3 is 15.4 Å². The van der Waals surface area contributed by atoms with Crippen LogP contribution in [0.15, 0.2) is 24.4 Å². The molecule has 2 aromatic rings. The smallest absolute Gasteiger partial charge is 0.262 e. The number of anilines is 1. The lowest BCUT2D eigenvalue weighted by Gasteiger charge is -2.17. The highest BCUT2D eigenvalue weighted by molar-refractivity contribution is 5.99. The minimum absolute atomic E-state index is 0.0579. The predicted octanol–water partition coefficient (Wildman–Crippen LogP) is 1.76. The van der Waals surface area contributed by atoms with Gasteiger partial charge in [-0.15, -0.1) is 0 Å². The van der Waals surface area contributed by atoms with Gasteiger partial charge in [0.15, 0.2) is 6.61 Å². The molecule has 2 amide bonds. The molecule has 0 saturated heterocycles. The van der Waals surface area contributed by atoms with E-state index in [0.29, 0.717) is 12.1 Å². The quantitative estimate of drug-likeness (QED) is 0.894. The molecule has 0 saturated carbocycles. The molecule has 9 heteroatoms. The van der Waals surface area contributed by atoms with Gasteiger partial charge in [0, 0.05) is 30.4 Å². The molecular weight excluding hydrogens is 327 g/mol. The Morgan fingerprint density at radius 2 is 1.96 bits per heavy atom. The fourth-order valence-corrected chi connectivity index (χ4v) is 2.11. The number of benzene rings is 1. The SMILES string of the molecule is O=C1COc2ncc(C(=O)NCc3c(F)cc(F)cc3F)cc2N1. The highest BCUT2D eigenvalue weighted by atomic mass is 19.1. The van der Waals surface area contributed by atoms with Gasteiger partial charge in [0.1, 0.15) is 23.1 Å². The predicted molar refractivity (Wildman–Crippen MR) is 75.8 cm³/mol. The van der Waals surface area contributed by atoms with Crippen molar-refractivity contribution in [2.75, 3.05) is 11.9 Å². The first-order chi connectivity index (χ1) is 11.4. The Labute approximate surface area is 133 Å². The highest BCUT2D eigenvalue weighted by Gasteiger charge is 2.20. The summed E-state index contributed by atoms with van der Waals surface area (Å²) in [7, 11) is 0. The van der Waals surface area contributed by atoms with Crippen LogP contribution in [0.5, 0.6) is 5.88 Å². The van der Waals surface area contributed by atoms with E-state index in [1.54, 1.807) is 0 Å². The van der Waals surface area contributed by atoms with Crippen molar-refractivity contribution >= 4 is 17.5 Å². The van der Waals surface area contributed by atoms with Gasteiger partial charge >= 0.3 is 0 Å². The van der Waals surface area contributed by atoms with Crippen LogP contribution in [-0.4, -0.2) is 23.4 Å². The van der Waals surface area contributed by atoms with Crippen LogP contribution >= 0.6 is 0 Å². The molecule has 0 fully saturated rings. The molecule has 0 atom stereocenters. The molecule has 2 heterocycles. The number of aromatic nitrogens is 1. The molecule has 6 nitrogen and oxygen atoms in total. The summed E-state index contributed by atoms with van der Waals surface area (Å²) in [4.78, 5) is 27.2. The van der Waals surface area contributed by atoms with Gasteiger partial charge in [-0.05, 0) is 6.07 Å². The zero-order valence-electron chi connectivity index (χ0n) is 12.0. The average molecular weight is 337 g/mol. The molecule has 0 bridgehead atoms. The Hall–Kier alpha value is -3.10. The first-order valence-electron chi connectivity index (χ1n) is 6.78. The summed E-state index contributed by atoms with van der Waals surface area (Å²) >= 11 is 0. The molecule has 0 unspecified atom stereocenters. The monoisotopic (exact) mass is 337 g/mol. The summed E-state index contributed by atoms with van der Waals surface area (Å²) in [6.07, 6.45) is 1.20. The van der Waals surface area contributed by atoms with Crippen molar-refractivity contribution in [1.82, 2.24) is 10.3 Å². The van der Waals surface area contributed by atoms with Crippen LogP contribution in [0, 0.1) is 17.5 Å². The maximum absolute atomic E-state index is 13.5. The van der Waals surface area contributed by atoms with Crippen molar-refractivity contribution < 1.29 is 27.5 Å². The van der Waals surface area contributed by atoms with Crippen LogP contribution in [0.2, 0.25) is 0 Å². The standard InChI is InChI=1S/C15H10F3N3O3/c16-8-2-10(17)9(11(18)3-8)5-19-14(23)7-1-12-15(20-4-7)24-6-13(22)21-12/h1-4H,5-6H2,(H,19,23)(H,21,22). The molecule has 124 valence electrons. The van der Waals surface area contributed by atoms with Crippen LogP contribution < -0.4 is 15.4 Å². The molecule has 2 N–H and O–H groups in total. The van der Waals surface area contributed by atoms with E-state index in [4.69, 9.17) is 4.74 Å². The molecule has 24 heavy (non-hydrogen) atoms. The second-order valence-electron chi connectivity index (χ2n) is 4.94. The van der Waals surface area contributed by atoms with Crippen LogP contribution in [0.3, 0.4) is 0 Å². The Morgan fingerprint density at radius 1 is 1.25 bits per heavy atom. The van der Waals surface area contributed by atoms with Crippen molar-refractivity contribution in [3.05, 3.63) is 53.0 Å². The second-order valence-corrected chi connectivity index (χ2v) is 4.94. The number of ether oxygens (including phenoxy) is 1. The third kappa shape index (κ3) is 3.14. The van der Waals surface area contributed by atoms with E-state index in [2.05, 4.69) is 15.6 Å². The number of amides is 2. The minimum Gasteiger partial charge on any atom is -0.466 e. The summed E-state index contributed by atoms with van der Waals surface area (Å²) in [6, 6.07) is 2.38. The first-order valence-corrected chi connectivity index (χ1v) is 6.78. The normalized spacial score (nSPS) is 12.9. The number of nitrogens with zero attached hydrogens (tertiary/aromatic N) is 1. The second kappa shape index (κ2) is 6.19. The Bertz CT molecular complexity index is 819. The van der Waals surface area contributed by atoms with Crippen molar-refractivity contribution in [1.29, 1.82) is 0 Å². The first kappa shape index (κ1) is 15.8. The summed E-state index contributed by atoms with van der Waals surface area (Å²) in [6.45, 7) is -0.647. The summed E-state index contributed by atoms with van der Waals surface area (Å²) in [5.41, 5.74) is -0.187. The van der Waals surface area contributed by atoms with Gasteiger partial charge in [-0.3, -0.25) is 9.59 Å². The number of hydrogen-bond donors (Lipinski definition) is 2. The van der Waals surface area contributed by atoms with E-state index in [1.165, 1.54) is 12.3 Å². The number of fused-ring (bicyclic) bond motifs is 1. The van der Waals surface area contributed by atoms with Crippen molar-refractivity contribution in [3.63, 3.8) is 0 Å². The van der Waals surface area contributed by atoms with Crippen molar-refractivity contribution in [2.45, 2.75) is 6.54 Å². The molecule has 1 aromatic carbocycles. The zero-order valence-corrected chi connectivity index (χ0v) is 12.0. The molecule has 1 aliphatic rings. The fraction of sp³-hybridized carbons (Fsp3) is 0.133. The summed E-state index contributed by atoms with van der Waals surface area (Å²) in [5.74, 6) is -4.14. The lowest BCUT2D eigenvalue weighted by atomic mass is 10.1. The highest BCUT2D eigenvalue weighted by Crippen LogP contribution is 2.25. The third-order valence-corrected chi connectivity index (χ3v) is 3.26. The number of nitrogens with one attached hydrogen (secondary N) is 2. The van der Waals surface area contributed by atoms with Gasteiger partial charge in [-0.2, -0.15) is 0 Å². The van der Waals surface area contributed by atoms with Gasteiger partial charge in [0.2, 0.25) is 5.88 Å². The molecule has 3 rings (SSSR count). The van der Waals surface area contributed by atoms with Crippen LogP contribution in [0.1, 0.15) is 15.9 Å². The zero-order chi connectivity index (χ0) is 17.3. The van der Waals surface area contributed by atoms with Crippen molar-refractivity contribution in [3.8, 4) is 5.88 Å². The maximum atomic E-state index is 13.5. The largest absolute Gasteiger partial charge is 0.466 e. The van der Waals surface area contributed by atoms with E-state index in [9.17, 15) is 22.8 Å². The van der Waals surface area contributed by atoms with E-state index in [-0.39, 0.29) is 23.7 Å². The van der Waals surface area contributed by atoms with Gasteiger partial charge in [0.05, 0.1) is 5.56 Å². The average Bonchev–Trinajstić information content (AvgIpc) is 2.52. The molecule has 0 aliphatic carbocycles. The molecule has 0 radical (unpaired) electrons. The fourth-order valence-electron chi connectivity index (χ4n) is 2.11. The molecule has 1 aromatic heterocycles. The van der Waals surface area contributed by atoms with Gasteiger partial charge in [-0.1, -0.05) is 0 Å². The van der Waals surface area contributed by atoms with Crippen LogP contribution in [-0.2, 0) is 11.3 Å². The van der Waals surface area contributed by atoms with E-state index < -0.39 is 41.4 Å². The van der Waals surface area contributed by atoms with E-state index >= 15 is 0 Å². The molecular formula is C15H10F3N3O3. The number of rotatable bonds is 3. The molecule has 1 aliphatic heterocycles. The van der Waals surface area contributed by atoms with Crippen LogP contribution in [0.25, 0.3) is 0 Å². The van der Waals surface area contributed by atoms with E-state index in [1.807, 2.05) is 0 Å².